The highest BCUT2D eigenvalue weighted by molar-refractivity contribution is 7.11. The van der Waals surface area contributed by atoms with Crippen LogP contribution in [0.15, 0.2) is 47.9 Å². The Bertz CT molecular complexity index is 1220. The maximum Gasteiger partial charge on any atom is 0.348 e. The number of allylic oxidation sites excluding steroid dienone is 1. The third kappa shape index (κ3) is 4.25. The van der Waals surface area contributed by atoms with Crippen LogP contribution < -0.4 is 10.1 Å². The van der Waals surface area contributed by atoms with Crippen LogP contribution in [0.25, 0.3) is 16.7 Å². The largest absolute Gasteiger partial charge is 0.496 e. The summed E-state index contributed by atoms with van der Waals surface area (Å²) in [5.41, 5.74) is 4.53. The van der Waals surface area contributed by atoms with Crippen molar-refractivity contribution >= 4 is 40.2 Å². The van der Waals surface area contributed by atoms with Gasteiger partial charge in [-0.05, 0) is 61.6 Å². The average molecular weight is 472 g/mol. The topological polar surface area (TPSA) is 47.6 Å². The number of hydrogen-bond donors (Lipinski definition) is 1. The fraction of sp³-hybridized carbons (Fsp3) is 0.240. The number of esters is 1. The Labute approximate surface area is 195 Å². The number of fused-ring (bicyclic) bond motifs is 1. The Morgan fingerprint density at radius 3 is 2.69 bits per heavy atom. The number of halogens is 2. The normalized spacial score (nSPS) is 14.2. The minimum atomic E-state index is -0.403. The average Bonchev–Trinajstić information content (AvgIpc) is 3.27. The summed E-state index contributed by atoms with van der Waals surface area (Å²) in [5.74, 6) is -0.427. The smallest absolute Gasteiger partial charge is 0.348 e. The number of hydrogen-bond acceptors (Lipinski definition) is 5. The van der Waals surface area contributed by atoms with Gasteiger partial charge in [0.2, 0.25) is 0 Å². The van der Waals surface area contributed by atoms with Crippen LogP contribution in [0.1, 0.15) is 41.6 Å². The summed E-state index contributed by atoms with van der Waals surface area (Å²) in [7, 11) is 1.49. The lowest BCUT2D eigenvalue weighted by atomic mass is 9.85. The van der Waals surface area contributed by atoms with Crippen LogP contribution in [0.4, 0.5) is 10.1 Å². The monoisotopic (exact) mass is 471 g/mol. The van der Waals surface area contributed by atoms with Crippen molar-refractivity contribution in [1.82, 2.24) is 0 Å². The molecule has 3 aromatic rings. The van der Waals surface area contributed by atoms with Gasteiger partial charge in [-0.2, -0.15) is 0 Å². The highest BCUT2D eigenvalue weighted by Gasteiger charge is 2.29. The second-order valence-electron chi connectivity index (χ2n) is 8.21. The number of carbonyl (C=O) groups excluding carboxylic acids is 1. The van der Waals surface area contributed by atoms with E-state index in [1.54, 1.807) is 18.2 Å². The maximum absolute atomic E-state index is 13.9. The SMILES string of the molecule is COc1cc(F)ccc1-c1cc(Cl)c2c(c1COC(=O)c1cccs1)C(C)=CC(C)(C)N2. The second-order valence-corrected chi connectivity index (χ2v) is 9.56. The molecule has 1 aliphatic rings. The van der Waals surface area contributed by atoms with E-state index in [1.165, 1.54) is 30.6 Å². The molecule has 32 heavy (non-hydrogen) atoms. The molecule has 0 bridgehead atoms. The fourth-order valence-corrected chi connectivity index (χ4v) is 4.97. The molecule has 0 spiro atoms. The van der Waals surface area contributed by atoms with E-state index in [-0.39, 0.29) is 12.1 Å². The molecule has 0 aliphatic carbocycles. The summed E-state index contributed by atoms with van der Waals surface area (Å²) >= 11 is 8.05. The molecule has 0 fully saturated rings. The van der Waals surface area contributed by atoms with E-state index < -0.39 is 11.8 Å². The van der Waals surface area contributed by atoms with E-state index in [0.29, 0.717) is 21.2 Å². The Morgan fingerprint density at radius 1 is 1.22 bits per heavy atom. The van der Waals surface area contributed by atoms with Crippen LogP contribution in [0, 0.1) is 5.82 Å². The van der Waals surface area contributed by atoms with Crippen molar-refractivity contribution in [2.45, 2.75) is 32.9 Å². The molecule has 0 radical (unpaired) electrons. The summed E-state index contributed by atoms with van der Waals surface area (Å²) in [6.45, 7) is 6.15. The van der Waals surface area contributed by atoms with Crippen LogP contribution in [0.2, 0.25) is 5.02 Å². The van der Waals surface area contributed by atoms with Gasteiger partial charge in [-0.15, -0.1) is 11.3 Å². The molecular formula is C25H23ClFNO3S. The number of rotatable bonds is 5. The first kappa shape index (κ1) is 22.4. The zero-order valence-corrected chi connectivity index (χ0v) is 19.8. The third-order valence-electron chi connectivity index (χ3n) is 5.33. The summed E-state index contributed by atoms with van der Waals surface area (Å²) in [6.07, 6.45) is 2.11. The number of nitrogens with one attached hydrogen (secondary N) is 1. The van der Waals surface area contributed by atoms with Crippen LogP contribution in [-0.4, -0.2) is 18.6 Å². The van der Waals surface area contributed by atoms with Crippen molar-refractivity contribution < 1.29 is 18.7 Å². The predicted octanol–water partition coefficient (Wildman–Crippen LogP) is 7.18. The lowest BCUT2D eigenvalue weighted by molar-refractivity contribution is 0.0479. The molecule has 1 aliphatic heterocycles. The molecule has 1 N–H and O–H groups in total. The number of anilines is 1. The summed E-state index contributed by atoms with van der Waals surface area (Å²) < 4.78 is 25.0. The van der Waals surface area contributed by atoms with E-state index in [2.05, 4.69) is 25.2 Å². The van der Waals surface area contributed by atoms with Crippen molar-refractivity contribution in [3.05, 3.63) is 74.7 Å². The summed E-state index contributed by atoms with van der Waals surface area (Å²) in [6, 6.07) is 9.69. The standard InChI is InChI=1S/C25H23ClFNO3S/c1-14-12-25(2,3)28-23-19(26)11-17(16-8-7-15(27)10-20(16)30-4)18(22(14)23)13-31-24(29)21-6-5-9-32-21/h5-12,28H,13H2,1-4H3. The Balaban J connectivity index is 1.89. The van der Waals surface area contributed by atoms with Gasteiger partial charge in [-0.1, -0.05) is 23.7 Å². The van der Waals surface area contributed by atoms with E-state index in [1.807, 2.05) is 18.4 Å². The molecule has 0 atom stereocenters. The highest BCUT2D eigenvalue weighted by Crippen LogP contribution is 2.46. The molecule has 2 heterocycles. The zero-order chi connectivity index (χ0) is 23.0. The lowest BCUT2D eigenvalue weighted by Gasteiger charge is -2.34. The number of thiophene rings is 1. The van der Waals surface area contributed by atoms with Gasteiger partial charge >= 0.3 is 5.97 Å². The molecule has 4 rings (SSSR count). The van der Waals surface area contributed by atoms with Gasteiger partial charge in [-0.3, -0.25) is 0 Å². The fourth-order valence-electron chi connectivity index (χ4n) is 4.10. The molecular weight excluding hydrogens is 449 g/mol. The van der Waals surface area contributed by atoms with Crippen LogP contribution in [0.3, 0.4) is 0 Å². The van der Waals surface area contributed by atoms with Gasteiger partial charge in [0.1, 0.15) is 23.1 Å². The Hall–Kier alpha value is -2.83. The zero-order valence-electron chi connectivity index (χ0n) is 18.2. The molecule has 1 aromatic heterocycles. The minimum absolute atomic E-state index is 0.0272. The quantitative estimate of drug-likeness (QED) is 0.400. The summed E-state index contributed by atoms with van der Waals surface area (Å²) in [5, 5.41) is 5.82. The first-order chi connectivity index (χ1) is 15.2. The lowest BCUT2D eigenvalue weighted by Crippen LogP contribution is -2.32. The Morgan fingerprint density at radius 2 is 2.00 bits per heavy atom. The third-order valence-corrected chi connectivity index (χ3v) is 6.48. The van der Waals surface area contributed by atoms with Gasteiger partial charge in [0.25, 0.3) is 0 Å². The van der Waals surface area contributed by atoms with E-state index in [4.69, 9.17) is 21.1 Å². The number of carbonyl (C=O) groups is 1. The van der Waals surface area contributed by atoms with Gasteiger partial charge in [0.15, 0.2) is 0 Å². The summed E-state index contributed by atoms with van der Waals surface area (Å²) in [4.78, 5) is 13.1. The minimum Gasteiger partial charge on any atom is -0.496 e. The first-order valence-corrected chi connectivity index (χ1v) is 11.3. The van der Waals surface area contributed by atoms with Gasteiger partial charge in [0, 0.05) is 22.8 Å². The van der Waals surface area contributed by atoms with Crippen molar-refractivity contribution in [2.75, 3.05) is 12.4 Å². The highest BCUT2D eigenvalue weighted by atomic mass is 35.5. The van der Waals surface area contributed by atoms with Gasteiger partial charge < -0.3 is 14.8 Å². The van der Waals surface area contributed by atoms with Crippen molar-refractivity contribution in [2.24, 2.45) is 0 Å². The van der Waals surface area contributed by atoms with Crippen LogP contribution in [-0.2, 0) is 11.3 Å². The maximum atomic E-state index is 13.9. The molecule has 0 amide bonds. The molecule has 0 unspecified atom stereocenters. The van der Waals surface area contributed by atoms with Gasteiger partial charge in [-0.25, -0.2) is 9.18 Å². The van der Waals surface area contributed by atoms with Crippen molar-refractivity contribution in [1.29, 1.82) is 0 Å². The first-order valence-electron chi connectivity index (χ1n) is 10.1. The van der Waals surface area contributed by atoms with Crippen LogP contribution in [0.5, 0.6) is 5.75 Å². The number of benzene rings is 2. The molecule has 0 saturated heterocycles. The van der Waals surface area contributed by atoms with Crippen molar-refractivity contribution in [3.8, 4) is 16.9 Å². The van der Waals surface area contributed by atoms with Crippen LogP contribution >= 0.6 is 22.9 Å². The molecule has 166 valence electrons. The molecule has 2 aromatic carbocycles. The Kier molecular flexibility index (Phi) is 6.01. The number of ether oxygens (including phenoxy) is 2. The molecule has 7 heteroatoms. The van der Waals surface area contributed by atoms with E-state index in [0.717, 1.165) is 28.0 Å². The van der Waals surface area contributed by atoms with E-state index >= 15 is 0 Å². The molecule has 0 saturated carbocycles. The second kappa shape index (κ2) is 8.60. The number of methoxy groups -OCH3 is 1. The van der Waals surface area contributed by atoms with Gasteiger partial charge in [0.05, 0.1) is 23.4 Å². The van der Waals surface area contributed by atoms with Crippen molar-refractivity contribution in [3.63, 3.8) is 0 Å². The predicted molar refractivity (Wildman–Crippen MR) is 128 cm³/mol. The van der Waals surface area contributed by atoms with E-state index in [9.17, 15) is 9.18 Å². The molecule has 4 nitrogen and oxygen atoms in total.